The minimum Gasteiger partial charge on any atom is -0.466 e. The molecule has 0 unspecified atom stereocenters. The van der Waals surface area contributed by atoms with Gasteiger partial charge in [-0.25, -0.2) is 8.42 Å². The van der Waals surface area contributed by atoms with Gasteiger partial charge in [-0.05, 0) is 38.3 Å². The summed E-state index contributed by atoms with van der Waals surface area (Å²) in [6.07, 6.45) is 1.04. The summed E-state index contributed by atoms with van der Waals surface area (Å²) in [5.74, 6) is -0.404. The summed E-state index contributed by atoms with van der Waals surface area (Å²) in [4.78, 5) is 12.0. The van der Waals surface area contributed by atoms with E-state index in [-0.39, 0.29) is 11.9 Å². The standard InChI is InChI=1S/C15H21NO4S/c1-3-20-15(17)13-8-10-16(11-9-13)21(18,19)14-7-5-4-6-12(14)2/h4-7,13H,3,8-11H2,1-2H3. The average molecular weight is 311 g/mol. The molecule has 0 saturated carbocycles. The van der Waals surface area contributed by atoms with Gasteiger partial charge in [-0.1, -0.05) is 18.2 Å². The fourth-order valence-corrected chi connectivity index (χ4v) is 4.27. The first-order valence-corrected chi connectivity index (χ1v) is 8.63. The van der Waals surface area contributed by atoms with Crippen molar-refractivity contribution in [2.24, 2.45) is 5.92 Å². The molecule has 0 atom stereocenters. The third-order valence-electron chi connectivity index (χ3n) is 3.79. The van der Waals surface area contributed by atoms with Crippen LogP contribution in [0.25, 0.3) is 0 Å². The summed E-state index contributed by atoms with van der Waals surface area (Å²) in [6.45, 7) is 4.65. The van der Waals surface area contributed by atoms with E-state index in [0.717, 1.165) is 5.56 Å². The van der Waals surface area contributed by atoms with Crippen LogP contribution in [0.2, 0.25) is 0 Å². The number of nitrogens with zero attached hydrogens (tertiary/aromatic N) is 1. The third kappa shape index (κ3) is 3.44. The van der Waals surface area contributed by atoms with Gasteiger partial charge in [0.15, 0.2) is 0 Å². The molecule has 0 N–H and O–H groups in total. The van der Waals surface area contributed by atoms with E-state index in [9.17, 15) is 13.2 Å². The monoisotopic (exact) mass is 311 g/mol. The van der Waals surface area contributed by atoms with Gasteiger partial charge in [0.05, 0.1) is 17.4 Å². The summed E-state index contributed by atoms with van der Waals surface area (Å²) >= 11 is 0. The Hall–Kier alpha value is -1.40. The molecule has 1 aliphatic heterocycles. The number of hydrogen-bond donors (Lipinski definition) is 0. The molecule has 0 radical (unpaired) electrons. The summed E-state index contributed by atoms with van der Waals surface area (Å²) in [5.41, 5.74) is 0.741. The number of rotatable bonds is 4. The van der Waals surface area contributed by atoms with Gasteiger partial charge in [-0.15, -0.1) is 0 Å². The van der Waals surface area contributed by atoms with Crippen LogP contribution in [-0.4, -0.2) is 38.4 Å². The van der Waals surface area contributed by atoms with Crippen molar-refractivity contribution in [3.8, 4) is 0 Å². The van der Waals surface area contributed by atoms with Gasteiger partial charge in [0, 0.05) is 13.1 Å². The topological polar surface area (TPSA) is 63.7 Å². The molecule has 1 aromatic carbocycles. The van der Waals surface area contributed by atoms with E-state index in [0.29, 0.717) is 37.4 Å². The van der Waals surface area contributed by atoms with Crippen LogP contribution in [0.5, 0.6) is 0 Å². The Morgan fingerprint density at radius 3 is 2.48 bits per heavy atom. The summed E-state index contributed by atoms with van der Waals surface area (Å²) in [5, 5.41) is 0. The maximum absolute atomic E-state index is 12.6. The van der Waals surface area contributed by atoms with Gasteiger partial charge < -0.3 is 4.74 Å². The van der Waals surface area contributed by atoms with Gasteiger partial charge >= 0.3 is 5.97 Å². The van der Waals surface area contributed by atoms with Crippen LogP contribution < -0.4 is 0 Å². The number of benzene rings is 1. The van der Waals surface area contributed by atoms with Crippen molar-refractivity contribution in [3.05, 3.63) is 29.8 Å². The van der Waals surface area contributed by atoms with Crippen LogP contribution in [0.4, 0.5) is 0 Å². The molecular formula is C15H21NO4S. The molecule has 5 nitrogen and oxygen atoms in total. The molecule has 1 heterocycles. The maximum Gasteiger partial charge on any atom is 0.309 e. The van der Waals surface area contributed by atoms with Crippen molar-refractivity contribution in [1.29, 1.82) is 0 Å². The van der Waals surface area contributed by atoms with Gasteiger partial charge in [0.1, 0.15) is 0 Å². The Morgan fingerprint density at radius 1 is 1.29 bits per heavy atom. The highest BCUT2D eigenvalue weighted by atomic mass is 32.2. The smallest absolute Gasteiger partial charge is 0.309 e. The van der Waals surface area contributed by atoms with Crippen molar-refractivity contribution >= 4 is 16.0 Å². The van der Waals surface area contributed by atoms with Crippen LogP contribution >= 0.6 is 0 Å². The Labute approximate surface area is 126 Å². The predicted octanol–water partition coefficient (Wildman–Crippen LogP) is 1.96. The molecule has 2 rings (SSSR count). The van der Waals surface area contributed by atoms with Crippen LogP contribution in [0.3, 0.4) is 0 Å². The number of aryl methyl sites for hydroxylation is 1. The Balaban J connectivity index is 2.08. The van der Waals surface area contributed by atoms with Crippen molar-refractivity contribution in [1.82, 2.24) is 4.31 Å². The molecule has 21 heavy (non-hydrogen) atoms. The zero-order valence-corrected chi connectivity index (χ0v) is 13.2. The number of carbonyl (C=O) groups excluding carboxylic acids is 1. The Kier molecular flexibility index (Phi) is 5.00. The lowest BCUT2D eigenvalue weighted by Gasteiger charge is -2.30. The van der Waals surface area contributed by atoms with E-state index < -0.39 is 10.0 Å². The molecule has 0 aromatic heterocycles. The number of carbonyl (C=O) groups is 1. The molecule has 0 spiro atoms. The van der Waals surface area contributed by atoms with Crippen LogP contribution in [0, 0.1) is 12.8 Å². The predicted molar refractivity (Wildman–Crippen MR) is 79.3 cm³/mol. The fourth-order valence-electron chi connectivity index (χ4n) is 2.58. The molecule has 1 aromatic rings. The highest BCUT2D eigenvalue weighted by Gasteiger charge is 2.33. The number of esters is 1. The van der Waals surface area contributed by atoms with Crippen LogP contribution in [0.1, 0.15) is 25.3 Å². The van der Waals surface area contributed by atoms with Crippen molar-refractivity contribution in [3.63, 3.8) is 0 Å². The maximum atomic E-state index is 12.6. The van der Waals surface area contributed by atoms with Crippen LogP contribution in [0.15, 0.2) is 29.2 Å². The molecule has 116 valence electrons. The first-order valence-electron chi connectivity index (χ1n) is 7.19. The first kappa shape index (κ1) is 16.0. The van der Waals surface area contributed by atoms with Gasteiger partial charge in [-0.2, -0.15) is 4.31 Å². The zero-order valence-electron chi connectivity index (χ0n) is 12.4. The molecule has 1 saturated heterocycles. The highest BCUT2D eigenvalue weighted by molar-refractivity contribution is 7.89. The lowest BCUT2D eigenvalue weighted by atomic mass is 9.98. The van der Waals surface area contributed by atoms with Crippen molar-refractivity contribution in [2.75, 3.05) is 19.7 Å². The molecule has 1 fully saturated rings. The van der Waals surface area contributed by atoms with Gasteiger partial charge in [-0.3, -0.25) is 4.79 Å². The minimum atomic E-state index is -3.47. The summed E-state index contributed by atoms with van der Waals surface area (Å²) in [6, 6.07) is 6.97. The average Bonchev–Trinajstić information content (AvgIpc) is 2.48. The van der Waals surface area contributed by atoms with Crippen molar-refractivity contribution < 1.29 is 17.9 Å². The van der Waals surface area contributed by atoms with Gasteiger partial charge in [0.2, 0.25) is 10.0 Å². The molecule has 0 aliphatic carbocycles. The van der Waals surface area contributed by atoms with E-state index in [2.05, 4.69) is 0 Å². The molecule has 0 amide bonds. The van der Waals surface area contributed by atoms with E-state index in [1.165, 1.54) is 4.31 Å². The lowest BCUT2D eigenvalue weighted by molar-refractivity contribution is -0.149. The van der Waals surface area contributed by atoms with Crippen LogP contribution in [-0.2, 0) is 19.6 Å². The van der Waals surface area contributed by atoms with E-state index in [4.69, 9.17) is 4.74 Å². The first-order chi connectivity index (χ1) is 9.96. The Morgan fingerprint density at radius 2 is 1.90 bits per heavy atom. The Bertz CT molecular complexity index is 604. The largest absolute Gasteiger partial charge is 0.466 e. The van der Waals surface area contributed by atoms with E-state index >= 15 is 0 Å². The number of sulfonamides is 1. The quantitative estimate of drug-likeness (QED) is 0.797. The SMILES string of the molecule is CCOC(=O)C1CCN(S(=O)(=O)c2ccccc2C)CC1. The summed E-state index contributed by atoms with van der Waals surface area (Å²) in [7, 11) is -3.47. The number of piperidine rings is 1. The van der Waals surface area contributed by atoms with E-state index in [1.807, 2.05) is 6.07 Å². The van der Waals surface area contributed by atoms with Crippen molar-refractivity contribution in [2.45, 2.75) is 31.6 Å². The molecular weight excluding hydrogens is 290 g/mol. The van der Waals surface area contributed by atoms with Gasteiger partial charge in [0.25, 0.3) is 0 Å². The highest BCUT2D eigenvalue weighted by Crippen LogP contribution is 2.26. The number of hydrogen-bond acceptors (Lipinski definition) is 4. The molecule has 1 aliphatic rings. The van der Waals surface area contributed by atoms with E-state index in [1.54, 1.807) is 32.0 Å². The second kappa shape index (κ2) is 6.58. The zero-order chi connectivity index (χ0) is 15.5. The fraction of sp³-hybridized carbons (Fsp3) is 0.533. The number of ether oxygens (including phenoxy) is 1. The second-order valence-corrected chi connectivity index (χ2v) is 7.10. The summed E-state index contributed by atoms with van der Waals surface area (Å²) < 4.78 is 31.7. The molecule has 0 bridgehead atoms. The second-order valence-electron chi connectivity index (χ2n) is 5.20. The minimum absolute atomic E-state index is 0.187. The molecule has 6 heteroatoms. The lowest BCUT2D eigenvalue weighted by Crippen LogP contribution is -2.40. The third-order valence-corrected chi connectivity index (χ3v) is 5.84. The normalized spacial score (nSPS) is 17.6.